The van der Waals surface area contributed by atoms with E-state index in [0.29, 0.717) is 0 Å². The van der Waals surface area contributed by atoms with E-state index < -0.39 is 0 Å². The first-order chi connectivity index (χ1) is 9.22. The molecule has 1 unspecified atom stereocenters. The van der Waals surface area contributed by atoms with Gasteiger partial charge in [0.2, 0.25) is 0 Å². The van der Waals surface area contributed by atoms with Crippen LogP contribution in [0.3, 0.4) is 0 Å². The van der Waals surface area contributed by atoms with Gasteiger partial charge in [0.15, 0.2) is 0 Å². The van der Waals surface area contributed by atoms with Gasteiger partial charge < -0.3 is 5.32 Å². The molecular weight excluding hydrogens is 230 g/mol. The van der Waals surface area contributed by atoms with E-state index in [0.717, 1.165) is 29.7 Å². The van der Waals surface area contributed by atoms with Gasteiger partial charge in [-0.3, -0.25) is 0 Å². The van der Waals surface area contributed by atoms with Crippen molar-refractivity contribution in [3.63, 3.8) is 0 Å². The summed E-state index contributed by atoms with van der Waals surface area (Å²) in [6.45, 7) is 5.96. The quantitative estimate of drug-likeness (QED) is 0.793. The second-order valence-corrected chi connectivity index (χ2v) is 7.24. The summed E-state index contributed by atoms with van der Waals surface area (Å²) in [5.41, 5.74) is 1.63. The van der Waals surface area contributed by atoms with Gasteiger partial charge in [0.05, 0.1) is 0 Å². The van der Waals surface area contributed by atoms with Gasteiger partial charge in [0, 0.05) is 6.04 Å². The molecule has 0 aromatic rings. The van der Waals surface area contributed by atoms with Gasteiger partial charge in [-0.05, 0) is 74.3 Å². The predicted molar refractivity (Wildman–Crippen MR) is 82.0 cm³/mol. The Bertz CT molecular complexity index is 360. The van der Waals surface area contributed by atoms with Gasteiger partial charge in [0.25, 0.3) is 0 Å². The molecule has 0 amide bonds. The standard InChI is InChI=1S/C18H29N/c1-13-3-7-15(8-4-13)18-11-16(18)12-19-17-9-5-14(2)6-10-17/h3,7-8,13-14,16-19H,4-6,9-12H2,1-2H3/t13?,14?,16-,17?,18-/m0/s1. The molecule has 1 nitrogen and oxygen atoms in total. The highest BCUT2D eigenvalue weighted by Gasteiger charge is 2.39. The Hall–Kier alpha value is -0.560. The molecule has 19 heavy (non-hydrogen) atoms. The van der Waals surface area contributed by atoms with Crippen molar-refractivity contribution in [1.29, 1.82) is 0 Å². The van der Waals surface area contributed by atoms with Crippen molar-refractivity contribution in [3.05, 3.63) is 23.8 Å². The van der Waals surface area contributed by atoms with Crippen LogP contribution in [0.1, 0.15) is 52.4 Å². The van der Waals surface area contributed by atoms with E-state index in [4.69, 9.17) is 0 Å². The SMILES string of the molecule is CC1C=CC([C@@H]2C[C@H]2CNC2CCC(C)CC2)=CC1. The Labute approximate surface area is 118 Å². The van der Waals surface area contributed by atoms with E-state index in [1.807, 2.05) is 0 Å². The highest BCUT2D eigenvalue weighted by molar-refractivity contribution is 5.30. The van der Waals surface area contributed by atoms with Gasteiger partial charge in [-0.2, -0.15) is 0 Å². The maximum absolute atomic E-state index is 3.83. The van der Waals surface area contributed by atoms with Gasteiger partial charge in [0.1, 0.15) is 0 Å². The summed E-state index contributed by atoms with van der Waals surface area (Å²) < 4.78 is 0. The van der Waals surface area contributed by atoms with Crippen molar-refractivity contribution in [2.45, 2.75) is 58.4 Å². The van der Waals surface area contributed by atoms with E-state index in [-0.39, 0.29) is 0 Å². The minimum atomic E-state index is 0.753. The molecule has 1 N–H and O–H groups in total. The molecule has 3 aliphatic rings. The second kappa shape index (κ2) is 5.83. The number of hydrogen-bond acceptors (Lipinski definition) is 1. The lowest BCUT2D eigenvalue weighted by Crippen LogP contribution is -2.34. The fraction of sp³-hybridized carbons (Fsp3) is 0.778. The molecule has 0 radical (unpaired) electrons. The molecule has 1 heteroatoms. The number of hydrogen-bond donors (Lipinski definition) is 1. The van der Waals surface area contributed by atoms with E-state index >= 15 is 0 Å². The summed E-state index contributed by atoms with van der Waals surface area (Å²) in [6.07, 6.45) is 15.6. The van der Waals surface area contributed by atoms with E-state index in [2.05, 4.69) is 37.4 Å². The highest BCUT2D eigenvalue weighted by Crippen LogP contribution is 2.45. The van der Waals surface area contributed by atoms with Crippen molar-refractivity contribution in [2.24, 2.45) is 23.7 Å². The second-order valence-electron chi connectivity index (χ2n) is 7.24. The zero-order valence-corrected chi connectivity index (χ0v) is 12.6. The van der Waals surface area contributed by atoms with Crippen LogP contribution in [0.15, 0.2) is 23.8 Å². The minimum absolute atomic E-state index is 0.753. The number of nitrogens with one attached hydrogen (secondary N) is 1. The van der Waals surface area contributed by atoms with Crippen LogP contribution < -0.4 is 5.32 Å². The summed E-state index contributed by atoms with van der Waals surface area (Å²) in [7, 11) is 0. The minimum Gasteiger partial charge on any atom is -0.314 e. The van der Waals surface area contributed by atoms with Gasteiger partial charge >= 0.3 is 0 Å². The van der Waals surface area contributed by atoms with Crippen LogP contribution in [0.5, 0.6) is 0 Å². The van der Waals surface area contributed by atoms with Crippen LogP contribution in [0.4, 0.5) is 0 Å². The van der Waals surface area contributed by atoms with Crippen molar-refractivity contribution in [2.75, 3.05) is 6.54 Å². The summed E-state index contributed by atoms with van der Waals surface area (Å²) in [5.74, 6) is 3.51. The Kier molecular flexibility index (Phi) is 4.12. The molecule has 0 heterocycles. The first kappa shape index (κ1) is 13.4. The highest BCUT2D eigenvalue weighted by atomic mass is 14.9. The van der Waals surface area contributed by atoms with Crippen LogP contribution in [0.25, 0.3) is 0 Å². The summed E-state index contributed by atoms with van der Waals surface area (Å²) >= 11 is 0. The molecule has 3 atom stereocenters. The van der Waals surface area contributed by atoms with Crippen LogP contribution in [-0.4, -0.2) is 12.6 Å². The lowest BCUT2D eigenvalue weighted by Gasteiger charge is -2.27. The molecule has 2 saturated carbocycles. The van der Waals surface area contributed by atoms with Gasteiger partial charge in [-0.15, -0.1) is 0 Å². The molecule has 0 aromatic carbocycles. The summed E-state index contributed by atoms with van der Waals surface area (Å²) in [5, 5.41) is 3.83. The third kappa shape index (κ3) is 3.51. The zero-order chi connectivity index (χ0) is 13.2. The lowest BCUT2D eigenvalue weighted by molar-refractivity contribution is 0.304. The van der Waals surface area contributed by atoms with Crippen molar-refractivity contribution in [3.8, 4) is 0 Å². The van der Waals surface area contributed by atoms with Crippen molar-refractivity contribution >= 4 is 0 Å². The molecule has 2 fully saturated rings. The zero-order valence-electron chi connectivity index (χ0n) is 12.6. The fourth-order valence-corrected chi connectivity index (χ4v) is 3.68. The van der Waals surface area contributed by atoms with E-state index in [9.17, 15) is 0 Å². The smallest absolute Gasteiger partial charge is 0.00673 e. The van der Waals surface area contributed by atoms with Gasteiger partial charge in [-0.25, -0.2) is 0 Å². The molecule has 0 spiro atoms. The maximum atomic E-state index is 3.83. The van der Waals surface area contributed by atoms with Crippen LogP contribution in [-0.2, 0) is 0 Å². The topological polar surface area (TPSA) is 12.0 Å². The monoisotopic (exact) mass is 259 g/mol. The summed E-state index contributed by atoms with van der Waals surface area (Å²) in [6, 6.07) is 0.813. The average Bonchev–Trinajstić information content (AvgIpc) is 3.19. The number of rotatable bonds is 4. The van der Waals surface area contributed by atoms with E-state index in [1.165, 1.54) is 45.1 Å². The Balaban J connectivity index is 1.38. The van der Waals surface area contributed by atoms with Crippen LogP contribution >= 0.6 is 0 Å². The molecule has 0 bridgehead atoms. The van der Waals surface area contributed by atoms with Gasteiger partial charge in [-0.1, -0.05) is 32.1 Å². The van der Waals surface area contributed by atoms with Crippen LogP contribution in [0, 0.1) is 23.7 Å². The summed E-state index contributed by atoms with van der Waals surface area (Å²) in [4.78, 5) is 0. The van der Waals surface area contributed by atoms with E-state index in [1.54, 1.807) is 5.57 Å². The first-order valence-corrected chi connectivity index (χ1v) is 8.34. The molecular formula is C18H29N. The third-order valence-electron chi connectivity index (χ3n) is 5.38. The Morgan fingerprint density at radius 3 is 2.63 bits per heavy atom. The predicted octanol–water partition coefficient (Wildman–Crippen LogP) is 4.31. The van der Waals surface area contributed by atoms with Crippen molar-refractivity contribution < 1.29 is 0 Å². The lowest BCUT2D eigenvalue weighted by atomic mass is 9.87. The molecule has 3 aliphatic carbocycles. The first-order valence-electron chi connectivity index (χ1n) is 8.34. The Morgan fingerprint density at radius 2 is 1.95 bits per heavy atom. The fourth-order valence-electron chi connectivity index (χ4n) is 3.68. The average molecular weight is 259 g/mol. The molecule has 0 aromatic heterocycles. The largest absolute Gasteiger partial charge is 0.314 e. The van der Waals surface area contributed by atoms with Crippen molar-refractivity contribution in [1.82, 2.24) is 5.32 Å². The van der Waals surface area contributed by atoms with Crippen LogP contribution in [0.2, 0.25) is 0 Å². The third-order valence-corrected chi connectivity index (χ3v) is 5.38. The molecule has 0 aliphatic heterocycles. The normalized spacial score (nSPS) is 42.0. The number of allylic oxidation sites excluding steroid dienone is 4. The maximum Gasteiger partial charge on any atom is 0.00673 e. The molecule has 106 valence electrons. The Morgan fingerprint density at radius 1 is 1.16 bits per heavy atom. The molecule has 3 rings (SSSR count). The molecule has 0 saturated heterocycles.